The Morgan fingerprint density at radius 1 is 0.742 bits per heavy atom. The number of aliphatic imine (C=N–C) groups is 3. The average molecular weight is 974 g/mol. The summed E-state index contributed by atoms with van der Waals surface area (Å²) in [5, 5.41) is 22.1. The molecule has 0 atom stereocenters. The normalized spacial score (nSPS) is 12.1. The molecular formula is C38H75N11O16S. The molecular weight excluding hydrogens is 899 g/mol. The number of hydrogen-bond donors (Lipinski definition) is 6. The molecule has 28 heteroatoms. The van der Waals surface area contributed by atoms with E-state index in [0.29, 0.717) is 18.2 Å². The molecule has 384 valence electrons. The molecule has 0 radical (unpaired) electrons. The number of nitrogens with two attached hydrogens (primary N) is 1. The van der Waals surface area contributed by atoms with Gasteiger partial charge in [0.05, 0.1) is 12.6 Å². The van der Waals surface area contributed by atoms with Crippen molar-refractivity contribution in [3.05, 3.63) is 0 Å². The van der Waals surface area contributed by atoms with Gasteiger partial charge in [-0.15, -0.1) is 5.06 Å². The first-order valence-electron chi connectivity index (χ1n) is 20.0. The number of nitrogens with one attached hydrogen (secondary N) is 3. The van der Waals surface area contributed by atoms with Crippen molar-refractivity contribution in [2.75, 3.05) is 136 Å². The van der Waals surface area contributed by atoms with E-state index >= 15 is 0 Å². The van der Waals surface area contributed by atoms with Gasteiger partial charge in [-0.1, -0.05) is 0 Å². The number of rotatable bonds is 19. The highest BCUT2D eigenvalue weighted by molar-refractivity contribution is 7.45. The van der Waals surface area contributed by atoms with Crippen LogP contribution in [0.1, 0.15) is 52.4 Å². The molecule has 2 aliphatic rings. The van der Waals surface area contributed by atoms with Gasteiger partial charge >= 0.3 is 17.9 Å². The molecule has 5 amide bonds. The highest BCUT2D eigenvalue weighted by atomic mass is 32.1. The molecule has 0 spiro atoms. The third-order valence-electron chi connectivity index (χ3n) is 6.30. The molecule has 0 bridgehead atoms. The number of carbonyl (C=O) groups excluding carboxylic acids is 7. The average Bonchev–Trinajstić information content (AvgIpc) is 3.75. The number of aliphatic carboxylic acids is 1. The maximum atomic E-state index is 11.2. The standard InChI is InChI=1S/C11H23N3O3.C8H17N3.C7H9NO5.C4H5NO3.C4H9NO2.C3H6O3.CH5N.HNS/c1-5-12-11(17-10(15)9-16-4)13-7-6-8-14(2)3;1-4-9-8-10-6-5-7-11(2)3;1-12-4-7(11)13-8-5(9)2-3-6(8)10;6-3-1-2-4(7)5(3)8;1-5-4(6)3-7-2;1-6-2-3(4)5;2*1-2/h5-9H2,1-4H3,(H,12,13);4-7H2,1-3H3;2-4H2,1H3;8H,1-2H2;3H2,1-2H3,(H,5,6);2H2,1H3,(H,4,5);2H2,1H3;1H. The van der Waals surface area contributed by atoms with Crippen molar-refractivity contribution in [2.24, 2.45) is 20.7 Å². The van der Waals surface area contributed by atoms with Crippen molar-refractivity contribution in [3.63, 3.8) is 0 Å². The molecule has 27 nitrogen and oxygen atoms in total. The summed E-state index contributed by atoms with van der Waals surface area (Å²) in [6.07, 6.45) is 2.49. The molecule has 0 unspecified atom stereocenters. The zero-order valence-electron chi connectivity index (χ0n) is 40.5. The van der Waals surface area contributed by atoms with Crippen LogP contribution in [0.5, 0.6) is 0 Å². The zero-order valence-corrected chi connectivity index (χ0v) is 41.4. The number of carboxylic acid groups (broad SMARTS) is 1. The molecule has 2 heterocycles. The summed E-state index contributed by atoms with van der Waals surface area (Å²) in [6.45, 7) is 8.41. The SMILES string of the molecule is CCN=C=NCCCN(C)C.CCNC(=NCCCN(C)C)OC(=O)COC.CN.CNC(=O)COC.COCC(=O)O.COCC(=O)ON1C(=O)CCC1=O.N=S.O=C1CCC(=O)N1O. The van der Waals surface area contributed by atoms with E-state index < -0.39 is 41.5 Å². The molecule has 2 rings (SSSR count). The van der Waals surface area contributed by atoms with Gasteiger partial charge in [0.2, 0.25) is 5.91 Å². The summed E-state index contributed by atoms with van der Waals surface area (Å²) in [5.41, 5.74) is 4.50. The summed E-state index contributed by atoms with van der Waals surface area (Å²) < 4.78 is 28.2. The number of likely N-dealkylation sites (N-methyl/N-ethyl adjacent to an activating group) is 1. The Bertz CT molecular complexity index is 1390. The Balaban J connectivity index is -0.000000166. The van der Waals surface area contributed by atoms with E-state index in [1.807, 2.05) is 27.9 Å². The van der Waals surface area contributed by atoms with Gasteiger partial charge in [-0.2, -0.15) is 5.06 Å². The Labute approximate surface area is 393 Å². The van der Waals surface area contributed by atoms with E-state index in [2.05, 4.69) is 97.5 Å². The summed E-state index contributed by atoms with van der Waals surface area (Å²) in [7, 11) is 16.8. The Morgan fingerprint density at radius 3 is 1.52 bits per heavy atom. The van der Waals surface area contributed by atoms with E-state index in [9.17, 15) is 38.4 Å². The van der Waals surface area contributed by atoms with E-state index in [0.717, 1.165) is 39.0 Å². The fourth-order valence-corrected chi connectivity index (χ4v) is 3.53. The van der Waals surface area contributed by atoms with Crippen LogP contribution in [0.3, 0.4) is 0 Å². The number of carboxylic acids is 1. The summed E-state index contributed by atoms with van der Waals surface area (Å²) in [6, 6.07) is 2.91. The topological polar surface area (TPSA) is 356 Å². The number of nitrogens with zero attached hydrogens (tertiary/aromatic N) is 7. The van der Waals surface area contributed by atoms with Crippen LogP contribution in [-0.4, -0.2) is 226 Å². The molecule has 2 saturated heterocycles. The van der Waals surface area contributed by atoms with Crippen LogP contribution in [0, 0.1) is 4.78 Å². The van der Waals surface area contributed by atoms with Gasteiger partial charge in [0.15, 0.2) is 0 Å². The Morgan fingerprint density at radius 2 is 1.18 bits per heavy atom. The van der Waals surface area contributed by atoms with Gasteiger partial charge in [-0.05, 0) is 75.0 Å². The predicted octanol–water partition coefficient (Wildman–Crippen LogP) is -1.04. The van der Waals surface area contributed by atoms with Gasteiger partial charge in [0, 0.05) is 93.2 Å². The van der Waals surface area contributed by atoms with Crippen LogP contribution in [0.25, 0.3) is 0 Å². The van der Waals surface area contributed by atoms with Gasteiger partial charge < -0.3 is 59.8 Å². The van der Waals surface area contributed by atoms with Gasteiger partial charge in [-0.25, -0.2) is 34.1 Å². The van der Waals surface area contributed by atoms with Crippen molar-refractivity contribution in [1.82, 2.24) is 30.6 Å². The number of hydrogen-bond acceptors (Lipinski definition) is 23. The molecule has 0 aromatic carbocycles. The van der Waals surface area contributed by atoms with E-state index in [-0.39, 0.29) is 69.1 Å². The summed E-state index contributed by atoms with van der Waals surface area (Å²) in [5.74, 6) is -4.22. The Kier molecular flexibility index (Phi) is 59.2. The zero-order chi connectivity index (χ0) is 52.3. The number of ether oxygens (including phenoxy) is 5. The monoisotopic (exact) mass is 974 g/mol. The number of amides is 5. The molecule has 0 aromatic rings. The first kappa shape index (κ1) is 72.3. The second-order valence-electron chi connectivity index (χ2n) is 12.4. The smallest absolute Gasteiger partial charge is 0.358 e. The first-order chi connectivity index (χ1) is 31.3. The van der Waals surface area contributed by atoms with Crippen LogP contribution < -0.4 is 16.4 Å². The maximum absolute atomic E-state index is 11.2. The predicted molar refractivity (Wildman–Crippen MR) is 243 cm³/mol. The van der Waals surface area contributed by atoms with Crippen molar-refractivity contribution < 1.29 is 77.2 Å². The number of amidine groups is 1. The van der Waals surface area contributed by atoms with Crippen LogP contribution in [0.4, 0.5) is 0 Å². The third kappa shape index (κ3) is 53.1. The van der Waals surface area contributed by atoms with Crippen molar-refractivity contribution in [2.45, 2.75) is 52.4 Å². The van der Waals surface area contributed by atoms with E-state index in [1.165, 1.54) is 35.5 Å². The Hall–Kier alpha value is -5.29. The molecule has 0 aromatic heterocycles. The lowest BCUT2D eigenvalue weighted by Crippen LogP contribution is -2.33. The minimum Gasteiger partial charge on any atom is -0.480 e. The van der Waals surface area contributed by atoms with Gasteiger partial charge in [-0.3, -0.25) is 29.2 Å². The second-order valence-corrected chi connectivity index (χ2v) is 12.4. The number of imide groups is 2. The fourth-order valence-electron chi connectivity index (χ4n) is 3.53. The quantitative estimate of drug-likeness (QED) is 0.0225. The molecule has 0 saturated carbocycles. The minimum atomic E-state index is -0.933. The number of carbonyl (C=O) groups is 8. The highest BCUT2D eigenvalue weighted by Gasteiger charge is 2.32. The molecule has 0 aliphatic carbocycles. The van der Waals surface area contributed by atoms with E-state index in [4.69, 9.17) is 19.8 Å². The summed E-state index contributed by atoms with van der Waals surface area (Å²) >= 11 is 3.33. The highest BCUT2D eigenvalue weighted by Crippen LogP contribution is 2.12. The molecule has 66 heavy (non-hydrogen) atoms. The lowest BCUT2D eigenvalue weighted by Gasteiger charge is -2.11. The fraction of sp³-hybridized carbons (Fsp3) is 0.737. The van der Waals surface area contributed by atoms with Crippen LogP contribution in [0.2, 0.25) is 0 Å². The molecule has 2 fully saturated rings. The van der Waals surface area contributed by atoms with E-state index in [1.54, 1.807) is 7.05 Å². The lowest BCUT2D eigenvalue weighted by atomic mass is 10.4. The van der Waals surface area contributed by atoms with Crippen molar-refractivity contribution >= 4 is 71.9 Å². The first-order valence-corrected chi connectivity index (χ1v) is 20.4. The van der Waals surface area contributed by atoms with Gasteiger partial charge in [0.25, 0.3) is 29.7 Å². The minimum absolute atomic E-state index is 0.0673. The molecule has 7 N–H and O–H groups in total. The third-order valence-corrected chi connectivity index (χ3v) is 6.30. The van der Waals surface area contributed by atoms with Gasteiger partial charge in [0.1, 0.15) is 26.4 Å². The van der Waals surface area contributed by atoms with Crippen molar-refractivity contribution in [1.29, 1.82) is 4.78 Å². The van der Waals surface area contributed by atoms with Crippen LogP contribution in [0.15, 0.2) is 15.0 Å². The number of hydroxylamine groups is 4. The number of esters is 1. The van der Waals surface area contributed by atoms with Crippen LogP contribution >= 0.6 is 0 Å². The lowest BCUT2D eigenvalue weighted by molar-refractivity contribution is -0.199. The second kappa shape index (κ2) is 54.0. The number of methoxy groups -OCH3 is 4. The van der Waals surface area contributed by atoms with Crippen molar-refractivity contribution in [3.8, 4) is 0 Å². The maximum Gasteiger partial charge on any atom is 0.358 e. The molecule has 2 aliphatic heterocycles. The van der Waals surface area contributed by atoms with Crippen LogP contribution in [-0.2, 0) is 79.3 Å². The summed E-state index contributed by atoms with van der Waals surface area (Å²) in [4.78, 5) is 105. The largest absolute Gasteiger partial charge is 0.480 e.